The first kappa shape index (κ1) is 11.4. The van der Waals surface area contributed by atoms with Gasteiger partial charge in [-0.2, -0.15) is 0 Å². The molecule has 0 radical (unpaired) electrons. The zero-order valence-corrected chi connectivity index (χ0v) is 10.7. The first-order valence-electron chi connectivity index (χ1n) is 6.02. The summed E-state index contributed by atoms with van der Waals surface area (Å²) in [5.74, 6) is -0.0709. The van der Waals surface area contributed by atoms with Crippen LogP contribution in [-0.2, 0) is 5.41 Å². The van der Waals surface area contributed by atoms with Crippen LogP contribution >= 0.6 is 11.3 Å². The number of benzene rings is 1. The van der Waals surface area contributed by atoms with Crippen molar-refractivity contribution >= 4 is 17.2 Å². The van der Waals surface area contributed by atoms with Gasteiger partial charge in [0.15, 0.2) is 0 Å². The molecular weight excluding hydrogens is 244 g/mol. The predicted molar refractivity (Wildman–Crippen MR) is 71.8 cm³/mol. The highest BCUT2D eigenvalue weighted by Gasteiger charge is 2.44. The minimum Gasteiger partial charge on any atom is -0.350 e. The van der Waals surface area contributed by atoms with Crippen molar-refractivity contribution in [2.75, 3.05) is 6.54 Å². The maximum Gasteiger partial charge on any atom is 0.270 e. The van der Waals surface area contributed by atoms with Crippen molar-refractivity contribution in [2.24, 2.45) is 0 Å². The van der Waals surface area contributed by atoms with Crippen molar-refractivity contribution in [1.82, 2.24) is 10.3 Å². The second-order valence-electron chi connectivity index (χ2n) is 4.70. The molecule has 1 N–H and O–H groups in total. The van der Waals surface area contributed by atoms with Gasteiger partial charge in [0.2, 0.25) is 0 Å². The van der Waals surface area contributed by atoms with E-state index in [0.717, 1.165) is 12.8 Å². The van der Waals surface area contributed by atoms with Crippen LogP contribution in [0.25, 0.3) is 0 Å². The molecule has 0 spiro atoms. The molecule has 1 saturated carbocycles. The van der Waals surface area contributed by atoms with Crippen LogP contribution in [-0.4, -0.2) is 17.4 Å². The Kier molecular flexibility index (Phi) is 2.88. The predicted octanol–water partition coefficient (Wildman–Crippen LogP) is 2.60. The van der Waals surface area contributed by atoms with Crippen LogP contribution in [0.1, 0.15) is 28.9 Å². The van der Waals surface area contributed by atoms with Crippen LogP contribution in [0, 0.1) is 0 Å². The SMILES string of the molecule is O=C(NCC1(c2ccccc2)CC1)c1cscn1. The van der Waals surface area contributed by atoms with Crippen LogP contribution in [0.3, 0.4) is 0 Å². The Hall–Kier alpha value is -1.68. The molecule has 3 nitrogen and oxygen atoms in total. The van der Waals surface area contributed by atoms with Crippen molar-refractivity contribution in [3.05, 3.63) is 52.5 Å². The van der Waals surface area contributed by atoms with Gasteiger partial charge in [-0.25, -0.2) is 4.98 Å². The number of amides is 1. The zero-order valence-electron chi connectivity index (χ0n) is 9.93. The topological polar surface area (TPSA) is 42.0 Å². The van der Waals surface area contributed by atoms with Gasteiger partial charge in [-0.3, -0.25) is 4.79 Å². The van der Waals surface area contributed by atoms with E-state index in [1.807, 2.05) is 6.07 Å². The molecule has 1 aromatic carbocycles. The number of hydrogen-bond donors (Lipinski definition) is 1. The number of hydrogen-bond acceptors (Lipinski definition) is 3. The quantitative estimate of drug-likeness (QED) is 0.916. The van der Waals surface area contributed by atoms with Gasteiger partial charge in [-0.15, -0.1) is 11.3 Å². The number of nitrogens with zero attached hydrogens (tertiary/aromatic N) is 1. The molecule has 0 unspecified atom stereocenters. The minimum absolute atomic E-state index is 0.0709. The molecule has 2 aromatic rings. The molecule has 18 heavy (non-hydrogen) atoms. The van der Waals surface area contributed by atoms with E-state index in [9.17, 15) is 4.79 Å². The molecule has 0 saturated heterocycles. The Bertz CT molecular complexity index is 532. The van der Waals surface area contributed by atoms with E-state index in [-0.39, 0.29) is 11.3 Å². The fourth-order valence-corrected chi connectivity index (χ4v) is 2.71. The Morgan fingerprint density at radius 2 is 2.11 bits per heavy atom. The Morgan fingerprint density at radius 3 is 2.72 bits per heavy atom. The van der Waals surface area contributed by atoms with Gasteiger partial charge < -0.3 is 5.32 Å². The smallest absolute Gasteiger partial charge is 0.270 e. The van der Waals surface area contributed by atoms with Gasteiger partial charge in [0, 0.05) is 17.3 Å². The molecule has 1 amide bonds. The van der Waals surface area contributed by atoms with Gasteiger partial charge in [-0.05, 0) is 18.4 Å². The zero-order chi connectivity index (χ0) is 12.4. The summed E-state index contributed by atoms with van der Waals surface area (Å²) in [6, 6.07) is 10.4. The summed E-state index contributed by atoms with van der Waals surface area (Å²) in [5, 5.41) is 4.77. The number of rotatable bonds is 4. The molecule has 1 fully saturated rings. The maximum atomic E-state index is 11.8. The van der Waals surface area contributed by atoms with E-state index in [2.05, 4.69) is 34.6 Å². The van der Waals surface area contributed by atoms with E-state index in [1.54, 1.807) is 10.9 Å². The fraction of sp³-hybridized carbons (Fsp3) is 0.286. The molecule has 0 bridgehead atoms. The van der Waals surface area contributed by atoms with Gasteiger partial charge in [0.25, 0.3) is 5.91 Å². The lowest BCUT2D eigenvalue weighted by Gasteiger charge is -2.16. The molecule has 1 aliphatic carbocycles. The van der Waals surface area contributed by atoms with Crippen molar-refractivity contribution in [2.45, 2.75) is 18.3 Å². The summed E-state index contributed by atoms with van der Waals surface area (Å²) >= 11 is 1.44. The first-order chi connectivity index (χ1) is 8.80. The minimum atomic E-state index is -0.0709. The lowest BCUT2D eigenvalue weighted by molar-refractivity contribution is 0.0945. The standard InChI is InChI=1S/C14H14N2OS/c17-13(12-8-18-10-16-12)15-9-14(6-7-14)11-4-2-1-3-5-11/h1-5,8,10H,6-7,9H2,(H,15,17). The maximum absolute atomic E-state index is 11.8. The highest BCUT2D eigenvalue weighted by molar-refractivity contribution is 7.07. The summed E-state index contributed by atoms with van der Waals surface area (Å²) in [7, 11) is 0. The third kappa shape index (κ3) is 2.16. The number of thiazole rings is 1. The van der Waals surface area contributed by atoms with Crippen LogP contribution < -0.4 is 5.32 Å². The van der Waals surface area contributed by atoms with Crippen molar-refractivity contribution in [1.29, 1.82) is 0 Å². The average Bonchev–Trinajstić information content (AvgIpc) is 3.01. The largest absolute Gasteiger partial charge is 0.350 e. The van der Waals surface area contributed by atoms with Gasteiger partial charge in [0.1, 0.15) is 5.69 Å². The highest BCUT2D eigenvalue weighted by atomic mass is 32.1. The second-order valence-corrected chi connectivity index (χ2v) is 5.42. The average molecular weight is 258 g/mol. The van der Waals surface area contributed by atoms with Crippen molar-refractivity contribution in [3.63, 3.8) is 0 Å². The third-order valence-corrected chi connectivity index (χ3v) is 4.08. The van der Waals surface area contributed by atoms with Gasteiger partial charge in [-0.1, -0.05) is 30.3 Å². The Labute approximate surface area is 110 Å². The monoisotopic (exact) mass is 258 g/mol. The molecule has 1 aromatic heterocycles. The van der Waals surface area contributed by atoms with Gasteiger partial charge >= 0.3 is 0 Å². The van der Waals surface area contributed by atoms with E-state index < -0.39 is 0 Å². The van der Waals surface area contributed by atoms with E-state index in [4.69, 9.17) is 0 Å². The van der Waals surface area contributed by atoms with Crippen LogP contribution in [0.5, 0.6) is 0 Å². The Balaban J connectivity index is 1.66. The summed E-state index contributed by atoms with van der Waals surface area (Å²) in [4.78, 5) is 15.9. The number of nitrogens with one attached hydrogen (secondary N) is 1. The number of aromatic nitrogens is 1. The lowest BCUT2D eigenvalue weighted by atomic mass is 9.96. The summed E-state index contributed by atoms with van der Waals surface area (Å²) in [5.41, 5.74) is 3.68. The third-order valence-electron chi connectivity index (χ3n) is 3.49. The molecule has 92 valence electrons. The number of carbonyl (C=O) groups is 1. The molecule has 0 atom stereocenters. The van der Waals surface area contributed by atoms with E-state index >= 15 is 0 Å². The lowest BCUT2D eigenvalue weighted by Crippen LogP contribution is -2.32. The van der Waals surface area contributed by atoms with Crippen molar-refractivity contribution in [3.8, 4) is 0 Å². The van der Waals surface area contributed by atoms with Crippen LogP contribution in [0.15, 0.2) is 41.2 Å². The normalized spacial score (nSPS) is 16.2. The summed E-state index contributed by atoms with van der Waals surface area (Å²) < 4.78 is 0. The van der Waals surface area contributed by atoms with E-state index in [0.29, 0.717) is 12.2 Å². The Morgan fingerprint density at radius 1 is 1.33 bits per heavy atom. The molecular formula is C14H14N2OS. The highest BCUT2D eigenvalue weighted by Crippen LogP contribution is 2.47. The first-order valence-corrected chi connectivity index (χ1v) is 6.96. The van der Waals surface area contributed by atoms with Gasteiger partial charge in [0.05, 0.1) is 5.51 Å². The fourth-order valence-electron chi connectivity index (χ4n) is 2.17. The molecule has 0 aliphatic heterocycles. The molecule has 1 aliphatic rings. The number of carbonyl (C=O) groups excluding carboxylic acids is 1. The van der Waals surface area contributed by atoms with Crippen LogP contribution in [0.2, 0.25) is 0 Å². The van der Waals surface area contributed by atoms with Crippen molar-refractivity contribution < 1.29 is 4.79 Å². The summed E-state index contributed by atoms with van der Waals surface area (Å²) in [6.45, 7) is 0.702. The second kappa shape index (κ2) is 4.53. The molecule has 3 rings (SSSR count). The van der Waals surface area contributed by atoms with E-state index in [1.165, 1.54) is 16.9 Å². The molecule has 1 heterocycles. The summed E-state index contributed by atoms with van der Waals surface area (Å²) in [6.07, 6.45) is 2.29. The molecule has 4 heteroatoms. The van der Waals surface area contributed by atoms with Crippen LogP contribution in [0.4, 0.5) is 0 Å².